The molecule has 2 aliphatic rings. The topological polar surface area (TPSA) is 76.9 Å². The maximum Gasteiger partial charge on any atom is 0.410 e. The molecule has 2 fully saturated rings. The number of amides is 2. The van der Waals surface area contributed by atoms with Gasteiger partial charge in [0, 0.05) is 42.4 Å². The summed E-state index contributed by atoms with van der Waals surface area (Å²) in [6.07, 6.45) is 4.83. The third kappa shape index (κ3) is 5.54. The highest BCUT2D eigenvalue weighted by Crippen LogP contribution is 2.32. The Labute approximate surface area is 211 Å². The molecule has 3 heterocycles. The van der Waals surface area contributed by atoms with Crippen LogP contribution in [-0.4, -0.2) is 68.8 Å². The monoisotopic (exact) mass is 490 g/mol. The van der Waals surface area contributed by atoms with Gasteiger partial charge in [0.1, 0.15) is 5.60 Å². The molecule has 0 radical (unpaired) electrons. The lowest BCUT2D eigenvalue weighted by atomic mass is 10.1. The first kappa shape index (κ1) is 24.3. The quantitative estimate of drug-likeness (QED) is 0.517. The molecule has 0 bridgehead atoms. The number of benzene rings is 1. The highest BCUT2D eigenvalue weighted by atomic mass is 16.6. The van der Waals surface area contributed by atoms with Crippen molar-refractivity contribution in [2.75, 3.05) is 19.7 Å². The van der Waals surface area contributed by atoms with Crippen LogP contribution in [0.1, 0.15) is 44.9 Å². The van der Waals surface area contributed by atoms with Crippen LogP contribution in [0.4, 0.5) is 4.79 Å². The highest BCUT2D eigenvalue weighted by molar-refractivity contribution is 5.86. The van der Waals surface area contributed by atoms with Gasteiger partial charge < -0.3 is 23.8 Å². The van der Waals surface area contributed by atoms with Crippen molar-refractivity contribution in [3.8, 4) is 0 Å². The van der Waals surface area contributed by atoms with Crippen molar-refractivity contribution in [3.05, 3.63) is 66.1 Å². The first-order chi connectivity index (χ1) is 17.3. The number of ether oxygens (including phenoxy) is 2. The van der Waals surface area contributed by atoms with Gasteiger partial charge in [0.05, 0.1) is 25.4 Å². The number of morpholine rings is 1. The van der Waals surface area contributed by atoms with Crippen LogP contribution >= 0.6 is 0 Å². The number of para-hydroxylation sites is 1. The third-order valence-electron chi connectivity index (χ3n) is 6.53. The van der Waals surface area contributed by atoms with Gasteiger partial charge in [-0.05, 0) is 57.4 Å². The van der Waals surface area contributed by atoms with Gasteiger partial charge in [0.15, 0.2) is 6.10 Å². The molecule has 190 valence electrons. The molecule has 0 spiro atoms. The minimum Gasteiger partial charge on any atom is -0.444 e. The number of carbonyl (C=O) groups is 2. The minimum atomic E-state index is -0.686. The standard InChI is InChI=1S/C28H34N4O4/c1-28(2,3)36-27(34)30-14-15-35-25(19-30)26(33)32(22-11-12-22)17-20-16-31(18-21-8-6-7-13-29-21)24-10-5-4-9-23(20)24/h4-10,13,16,22,25H,11-12,14-15,17-19H2,1-3H3. The number of fused-ring (bicyclic) bond motifs is 1. The average Bonchev–Trinajstić information content (AvgIpc) is 3.65. The molecule has 1 saturated carbocycles. The van der Waals surface area contributed by atoms with Crippen LogP contribution in [0.2, 0.25) is 0 Å². The molecule has 3 aromatic rings. The van der Waals surface area contributed by atoms with Crippen LogP contribution in [0.5, 0.6) is 0 Å². The first-order valence-corrected chi connectivity index (χ1v) is 12.7. The average molecular weight is 491 g/mol. The zero-order valence-electron chi connectivity index (χ0n) is 21.2. The molecule has 0 N–H and O–H groups in total. The van der Waals surface area contributed by atoms with E-state index in [-0.39, 0.29) is 18.5 Å². The Morgan fingerprint density at radius 3 is 2.64 bits per heavy atom. The van der Waals surface area contributed by atoms with E-state index in [9.17, 15) is 9.59 Å². The van der Waals surface area contributed by atoms with Crippen LogP contribution in [0, 0.1) is 0 Å². The molecule has 1 aromatic carbocycles. The van der Waals surface area contributed by atoms with Gasteiger partial charge in [0.2, 0.25) is 0 Å². The number of nitrogens with zero attached hydrogens (tertiary/aromatic N) is 4. The third-order valence-corrected chi connectivity index (χ3v) is 6.53. The predicted molar refractivity (Wildman–Crippen MR) is 136 cm³/mol. The van der Waals surface area contributed by atoms with Crippen molar-refractivity contribution < 1.29 is 19.1 Å². The van der Waals surface area contributed by atoms with Gasteiger partial charge in [0.25, 0.3) is 5.91 Å². The summed E-state index contributed by atoms with van der Waals surface area (Å²) >= 11 is 0. The zero-order valence-corrected chi connectivity index (χ0v) is 21.2. The number of aromatic nitrogens is 2. The molecule has 2 aromatic heterocycles. The van der Waals surface area contributed by atoms with E-state index in [4.69, 9.17) is 9.47 Å². The zero-order chi connectivity index (χ0) is 25.3. The molecule has 1 aliphatic heterocycles. The lowest BCUT2D eigenvalue weighted by Crippen LogP contribution is -2.53. The van der Waals surface area contributed by atoms with Crippen molar-refractivity contribution >= 4 is 22.9 Å². The van der Waals surface area contributed by atoms with E-state index in [2.05, 4.69) is 27.9 Å². The molecule has 1 unspecified atom stereocenters. The second-order valence-corrected chi connectivity index (χ2v) is 10.6. The Bertz CT molecular complexity index is 1230. The summed E-state index contributed by atoms with van der Waals surface area (Å²) in [6.45, 7) is 7.63. The predicted octanol–water partition coefficient (Wildman–Crippen LogP) is 4.21. The largest absolute Gasteiger partial charge is 0.444 e. The lowest BCUT2D eigenvalue weighted by molar-refractivity contribution is -0.150. The van der Waals surface area contributed by atoms with E-state index in [1.807, 2.05) is 56.0 Å². The van der Waals surface area contributed by atoms with E-state index >= 15 is 0 Å². The Morgan fingerprint density at radius 2 is 1.92 bits per heavy atom. The molecule has 5 rings (SSSR count). The van der Waals surface area contributed by atoms with E-state index in [0.717, 1.165) is 35.0 Å². The van der Waals surface area contributed by atoms with Crippen molar-refractivity contribution in [1.29, 1.82) is 0 Å². The molecule has 36 heavy (non-hydrogen) atoms. The molecule has 8 heteroatoms. The number of carbonyl (C=O) groups excluding carboxylic acids is 2. The fraction of sp³-hybridized carbons (Fsp3) is 0.464. The van der Waals surface area contributed by atoms with Gasteiger partial charge in [-0.2, -0.15) is 0 Å². The van der Waals surface area contributed by atoms with E-state index in [1.54, 1.807) is 11.1 Å². The summed E-state index contributed by atoms with van der Waals surface area (Å²) in [6, 6.07) is 14.4. The summed E-state index contributed by atoms with van der Waals surface area (Å²) in [5, 5.41) is 1.13. The smallest absolute Gasteiger partial charge is 0.410 e. The van der Waals surface area contributed by atoms with Crippen molar-refractivity contribution in [2.45, 2.75) is 64.4 Å². The summed E-state index contributed by atoms with van der Waals surface area (Å²) in [4.78, 5) is 34.3. The van der Waals surface area contributed by atoms with Crippen LogP contribution in [0.3, 0.4) is 0 Å². The second-order valence-electron chi connectivity index (χ2n) is 10.6. The van der Waals surface area contributed by atoms with Crippen molar-refractivity contribution in [1.82, 2.24) is 19.4 Å². The van der Waals surface area contributed by atoms with Crippen LogP contribution in [0.25, 0.3) is 10.9 Å². The van der Waals surface area contributed by atoms with Crippen LogP contribution in [-0.2, 0) is 27.4 Å². The van der Waals surface area contributed by atoms with Crippen molar-refractivity contribution in [2.24, 2.45) is 0 Å². The molecular formula is C28H34N4O4. The maximum absolute atomic E-state index is 13.7. The molecular weight excluding hydrogens is 456 g/mol. The Morgan fingerprint density at radius 1 is 1.14 bits per heavy atom. The van der Waals surface area contributed by atoms with E-state index in [1.165, 1.54) is 0 Å². The summed E-state index contributed by atoms with van der Waals surface area (Å²) in [5.41, 5.74) is 2.61. The van der Waals surface area contributed by atoms with Crippen LogP contribution in [0.15, 0.2) is 54.9 Å². The van der Waals surface area contributed by atoms with E-state index < -0.39 is 17.8 Å². The van der Waals surface area contributed by atoms with Gasteiger partial charge >= 0.3 is 6.09 Å². The lowest BCUT2D eigenvalue weighted by Gasteiger charge is -2.35. The van der Waals surface area contributed by atoms with Gasteiger partial charge in [-0.1, -0.05) is 24.3 Å². The number of pyridine rings is 1. The number of hydrogen-bond acceptors (Lipinski definition) is 5. The Kier molecular flexibility index (Phi) is 6.71. The van der Waals surface area contributed by atoms with Crippen molar-refractivity contribution in [3.63, 3.8) is 0 Å². The molecule has 2 amide bonds. The molecule has 1 atom stereocenters. The fourth-order valence-corrected chi connectivity index (χ4v) is 4.68. The number of hydrogen-bond donors (Lipinski definition) is 0. The SMILES string of the molecule is CC(C)(C)OC(=O)N1CCOC(C(=O)N(Cc2cn(Cc3ccccn3)c3ccccc23)C2CC2)C1. The fourth-order valence-electron chi connectivity index (χ4n) is 4.68. The molecule has 1 saturated heterocycles. The normalized spacial score (nSPS) is 18.3. The first-order valence-electron chi connectivity index (χ1n) is 12.7. The van der Waals surface area contributed by atoms with Gasteiger partial charge in [-0.3, -0.25) is 9.78 Å². The second kappa shape index (κ2) is 9.93. The van der Waals surface area contributed by atoms with Gasteiger partial charge in [-0.15, -0.1) is 0 Å². The Balaban J connectivity index is 1.35. The van der Waals surface area contributed by atoms with E-state index in [0.29, 0.717) is 26.2 Å². The number of rotatable bonds is 6. The molecule has 8 nitrogen and oxygen atoms in total. The Hall–Kier alpha value is -3.39. The minimum absolute atomic E-state index is 0.0627. The summed E-state index contributed by atoms with van der Waals surface area (Å²) in [5.74, 6) is -0.0627. The maximum atomic E-state index is 13.7. The summed E-state index contributed by atoms with van der Waals surface area (Å²) < 4.78 is 13.6. The van der Waals surface area contributed by atoms with Gasteiger partial charge in [-0.25, -0.2) is 4.79 Å². The van der Waals surface area contributed by atoms with Crippen LogP contribution < -0.4 is 0 Å². The highest BCUT2D eigenvalue weighted by Gasteiger charge is 2.39. The summed E-state index contributed by atoms with van der Waals surface area (Å²) in [7, 11) is 0. The molecule has 1 aliphatic carbocycles.